The number of carboxylic acid groups (broad SMARTS) is 1. The lowest BCUT2D eigenvalue weighted by molar-refractivity contribution is -0.155. The van der Waals surface area contributed by atoms with E-state index in [0.29, 0.717) is 12.2 Å². The Balaban J connectivity index is 2.47. The molecule has 0 aromatic heterocycles. The van der Waals surface area contributed by atoms with Crippen LogP contribution in [0.1, 0.15) is 25.8 Å². The lowest BCUT2D eigenvalue weighted by Gasteiger charge is -2.31. The van der Waals surface area contributed by atoms with Crippen molar-refractivity contribution in [1.29, 1.82) is 0 Å². The van der Waals surface area contributed by atoms with Gasteiger partial charge in [0.05, 0.1) is 0 Å². The summed E-state index contributed by atoms with van der Waals surface area (Å²) in [5.74, 6) is -0.515. The summed E-state index contributed by atoms with van der Waals surface area (Å²) in [6.45, 7) is 5.08. The molecular formula is C15H21NO3S. The summed E-state index contributed by atoms with van der Waals surface area (Å²) < 4.78 is 0. The quantitative estimate of drug-likeness (QED) is 0.820. The Labute approximate surface area is 124 Å². The van der Waals surface area contributed by atoms with Gasteiger partial charge in [0.25, 0.3) is 0 Å². The van der Waals surface area contributed by atoms with Crippen molar-refractivity contribution in [2.75, 3.05) is 12.8 Å². The lowest BCUT2D eigenvalue weighted by atomic mass is 10.0. The standard InChI is InChI=1S/C15H21NO3S/c1-11-5-7-12(8-6-11)20-10-9-13(17)16(4)15(2,3)14(18)19/h5-8H,9-10H2,1-4H3,(H,18,19). The molecule has 0 saturated heterocycles. The van der Waals surface area contributed by atoms with Gasteiger partial charge in [-0.05, 0) is 32.9 Å². The van der Waals surface area contributed by atoms with Gasteiger partial charge in [-0.2, -0.15) is 0 Å². The Morgan fingerprint density at radius 1 is 1.25 bits per heavy atom. The van der Waals surface area contributed by atoms with Gasteiger partial charge in [0, 0.05) is 24.1 Å². The summed E-state index contributed by atoms with van der Waals surface area (Å²) in [5, 5.41) is 9.09. The molecule has 1 aromatic rings. The maximum atomic E-state index is 12.0. The van der Waals surface area contributed by atoms with E-state index in [9.17, 15) is 9.59 Å². The van der Waals surface area contributed by atoms with Crippen LogP contribution in [-0.4, -0.2) is 40.2 Å². The van der Waals surface area contributed by atoms with Gasteiger partial charge in [0.2, 0.25) is 5.91 Å². The number of aliphatic carboxylic acids is 1. The zero-order valence-corrected chi connectivity index (χ0v) is 13.2. The summed E-state index contributed by atoms with van der Waals surface area (Å²) in [6, 6.07) is 8.11. The molecule has 20 heavy (non-hydrogen) atoms. The highest BCUT2D eigenvalue weighted by Gasteiger charge is 2.34. The Hall–Kier alpha value is -1.49. The number of hydrogen-bond donors (Lipinski definition) is 1. The van der Waals surface area contributed by atoms with E-state index in [1.54, 1.807) is 11.8 Å². The molecule has 0 radical (unpaired) electrons. The Kier molecular flexibility index (Phi) is 5.62. The summed E-state index contributed by atoms with van der Waals surface area (Å²) in [7, 11) is 1.53. The van der Waals surface area contributed by atoms with Crippen LogP contribution in [0.25, 0.3) is 0 Å². The van der Waals surface area contributed by atoms with Crippen molar-refractivity contribution in [2.45, 2.75) is 37.6 Å². The molecule has 0 aliphatic carbocycles. The number of carbonyl (C=O) groups is 2. The smallest absolute Gasteiger partial charge is 0.329 e. The van der Waals surface area contributed by atoms with Crippen LogP contribution in [-0.2, 0) is 9.59 Å². The normalized spacial score (nSPS) is 11.2. The molecule has 0 bridgehead atoms. The molecule has 0 aliphatic heterocycles. The fourth-order valence-corrected chi connectivity index (χ4v) is 2.35. The van der Waals surface area contributed by atoms with Crippen LogP contribution < -0.4 is 0 Å². The molecule has 5 heteroatoms. The minimum Gasteiger partial charge on any atom is -0.480 e. The fourth-order valence-electron chi connectivity index (χ4n) is 1.51. The van der Waals surface area contributed by atoms with Crippen molar-refractivity contribution in [2.24, 2.45) is 0 Å². The Bertz CT molecular complexity index is 482. The topological polar surface area (TPSA) is 57.6 Å². The predicted octanol–water partition coefficient (Wildman–Crippen LogP) is 2.80. The van der Waals surface area contributed by atoms with Crippen LogP contribution in [0.15, 0.2) is 29.2 Å². The number of benzene rings is 1. The summed E-state index contributed by atoms with van der Waals surface area (Å²) >= 11 is 1.60. The molecule has 0 heterocycles. The van der Waals surface area contributed by atoms with Crippen LogP contribution in [0, 0.1) is 6.92 Å². The second-order valence-electron chi connectivity index (χ2n) is 5.23. The molecule has 1 aromatic carbocycles. The molecule has 1 amide bonds. The third-order valence-electron chi connectivity index (χ3n) is 3.34. The molecular weight excluding hydrogens is 274 g/mol. The van der Waals surface area contributed by atoms with E-state index in [-0.39, 0.29) is 5.91 Å². The van der Waals surface area contributed by atoms with E-state index >= 15 is 0 Å². The van der Waals surface area contributed by atoms with Gasteiger partial charge in [0.15, 0.2) is 0 Å². The molecule has 0 aliphatic rings. The molecule has 4 nitrogen and oxygen atoms in total. The highest BCUT2D eigenvalue weighted by molar-refractivity contribution is 7.99. The number of aryl methyl sites for hydroxylation is 1. The van der Waals surface area contributed by atoms with E-state index in [1.807, 2.05) is 31.2 Å². The Morgan fingerprint density at radius 2 is 1.80 bits per heavy atom. The molecule has 0 unspecified atom stereocenters. The van der Waals surface area contributed by atoms with Crippen LogP contribution in [0.2, 0.25) is 0 Å². The monoisotopic (exact) mass is 295 g/mol. The molecule has 1 rings (SSSR count). The lowest BCUT2D eigenvalue weighted by Crippen LogP contribution is -2.50. The highest BCUT2D eigenvalue weighted by atomic mass is 32.2. The highest BCUT2D eigenvalue weighted by Crippen LogP contribution is 2.20. The van der Waals surface area contributed by atoms with Crippen LogP contribution in [0.5, 0.6) is 0 Å². The molecule has 110 valence electrons. The molecule has 0 fully saturated rings. The largest absolute Gasteiger partial charge is 0.480 e. The number of thioether (sulfide) groups is 1. The second kappa shape index (κ2) is 6.79. The average molecular weight is 295 g/mol. The van der Waals surface area contributed by atoms with Gasteiger partial charge in [-0.25, -0.2) is 4.79 Å². The van der Waals surface area contributed by atoms with E-state index < -0.39 is 11.5 Å². The first-order valence-corrected chi connectivity index (χ1v) is 7.43. The van der Waals surface area contributed by atoms with Crippen LogP contribution in [0.4, 0.5) is 0 Å². The minimum atomic E-state index is -1.17. The first-order valence-electron chi connectivity index (χ1n) is 6.44. The fraction of sp³-hybridized carbons (Fsp3) is 0.467. The van der Waals surface area contributed by atoms with Crippen molar-refractivity contribution in [3.63, 3.8) is 0 Å². The van der Waals surface area contributed by atoms with E-state index in [0.717, 1.165) is 4.90 Å². The number of likely N-dealkylation sites (N-methyl/N-ethyl adjacent to an activating group) is 1. The zero-order valence-electron chi connectivity index (χ0n) is 12.3. The molecule has 0 atom stereocenters. The number of carbonyl (C=O) groups excluding carboxylic acids is 1. The molecule has 0 spiro atoms. The van der Waals surface area contributed by atoms with Gasteiger partial charge in [-0.3, -0.25) is 4.79 Å². The van der Waals surface area contributed by atoms with Gasteiger partial charge < -0.3 is 10.0 Å². The SMILES string of the molecule is Cc1ccc(SCCC(=O)N(C)C(C)(C)C(=O)O)cc1. The Morgan fingerprint density at radius 3 is 2.30 bits per heavy atom. The first-order chi connectivity index (χ1) is 9.25. The van der Waals surface area contributed by atoms with Crippen molar-refractivity contribution in [1.82, 2.24) is 4.90 Å². The first kappa shape index (κ1) is 16.6. The van der Waals surface area contributed by atoms with Crippen LogP contribution in [0.3, 0.4) is 0 Å². The molecule has 0 saturated carbocycles. The molecule has 1 N–H and O–H groups in total. The van der Waals surface area contributed by atoms with Gasteiger partial charge >= 0.3 is 5.97 Å². The maximum Gasteiger partial charge on any atom is 0.329 e. The number of amides is 1. The van der Waals surface area contributed by atoms with Gasteiger partial charge in [-0.1, -0.05) is 17.7 Å². The van der Waals surface area contributed by atoms with Crippen molar-refractivity contribution in [3.8, 4) is 0 Å². The van der Waals surface area contributed by atoms with Crippen molar-refractivity contribution in [3.05, 3.63) is 29.8 Å². The van der Waals surface area contributed by atoms with Crippen LogP contribution >= 0.6 is 11.8 Å². The number of carboxylic acids is 1. The third-order valence-corrected chi connectivity index (χ3v) is 4.36. The summed E-state index contributed by atoms with van der Waals surface area (Å²) in [5.41, 5.74) is 0.0272. The second-order valence-corrected chi connectivity index (χ2v) is 6.40. The average Bonchev–Trinajstić information content (AvgIpc) is 2.39. The summed E-state index contributed by atoms with van der Waals surface area (Å²) in [4.78, 5) is 25.5. The third kappa shape index (κ3) is 4.27. The number of hydrogen-bond acceptors (Lipinski definition) is 3. The summed E-state index contributed by atoms with van der Waals surface area (Å²) in [6.07, 6.45) is 0.325. The van der Waals surface area contributed by atoms with E-state index in [4.69, 9.17) is 5.11 Å². The van der Waals surface area contributed by atoms with Gasteiger partial charge in [-0.15, -0.1) is 11.8 Å². The maximum absolute atomic E-state index is 12.0. The van der Waals surface area contributed by atoms with Crippen molar-refractivity contribution < 1.29 is 14.7 Å². The minimum absolute atomic E-state index is 0.156. The predicted molar refractivity (Wildman–Crippen MR) is 81.0 cm³/mol. The number of rotatable bonds is 6. The van der Waals surface area contributed by atoms with E-state index in [1.165, 1.54) is 31.4 Å². The van der Waals surface area contributed by atoms with E-state index in [2.05, 4.69) is 0 Å². The van der Waals surface area contributed by atoms with Crippen molar-refractivity contribution >= 4 is 23.6 Å². The number of nitrogens with zero attached hydrogens (tertiary/aromatic N) is 1. The zero-order chi connectivity index (χ0) is 15.3. The van der Waals surface area contributed by atoms with Gasteiger partial charge in [0.1, 0.15) is 5.54 Å².